The van der Waals surface area contributed by atoms with E-state index in [-0.39, 0.29) is 61.3 Å². The van der Waals surface area contributed by atoms with Gasteiger partial charge in [-0.3, -0.25) is 25.8 Å². The molecule has 234 valence electrons. The highest BCUT2D eigenvalue weighted by molar-refractivity contribution is 8.26. The van der Waals surface area contributed by atoms with Gasteiger partial charge in [-0.2, -0.15) is 11.8 Å². The molecule has 0 bridgehead atoms. The van der Waals surface area contributed by atoms with E-state index in [0.717, 1.165) is 29.1 Å². The molecular weight excluding hydrogens is 613 g/mol. The number of rotatable bonds is 18. The number of carbonyl (C=O) groups is 2. The third-order valence-electron chi connectivity index (χ3n) is 5.24. The van der Waals surface area contributed by atoms with Gasteiger partial charge in [0.2, 0.25) is 11.8 Å². The predicted molar refractivity (Wildman–Crippen MR) is 175 cm³/mol. The zero-order valence-electron chi connectivity index (χ0n) is 23.6. The van der Waals surface area contributed by atoms with Crippen LogP contribution < -0.4 is 25.8 Å². The summed E-state index contributed by atoms with van der Waals surface area (Å²) in [6, 6.07) is 14.0. The molecule has 0 aliphatic heterocycles. The van der Waals surface area contributed by atoms with Crippen LogP contribution in [0.25, 0.3) is 0 Å². The van der Waals surface area contributed by atoms with Gasteiger partial charge >= 0.3 is 0 Å². The number of hydrogen-bond acceptors (Lipinski definition) is 13. The molecule has 12 nitrogen and oxygen atoms in total. The van der Waals surface area contributed by atoms with Crippen molar-refractivity contribution in [3.8, 4) is 11.5 Å². The zero-order chi connectivity index (χ0) is 31.5. The summed E-state index contributed by atoms with van der Waals surface area (Å²) in [4.78, 5) is 24.6. The minimum atomic E-state index is -0.756. The standard InChI is InChI=1S/C28H38N6O6S3/c29-23(42-27(31)33-25(37)17-19-3-1-5-21(15-19)39-11-9-35)7-13-41-14-8-24(30)43-28(32)34-26(38)18-20-4-2-6-22(16-20)40-12-10-36/h1-6,15-16,27,29-30,35-36H,7-14,17-18,31H2,(H,33,37)(H2,32,34,38). The lowest BCUT2D eigenvalue weighted by atomic mass is 10.1. The van der Waals surface area contributed by atoms with Crippen molar-refractivity contribution in [3.05, 3.63) is 59.7 Å². The van der Waals surface area contributed by atoms with Gasteiger partial charge in [0.1, 0.15) is 30.2 Å². The Morgan fingerprint density at radius 1 is 0.837 bits per heavy atom. The van der Waals surface area contributed by atoms with Crippen LogP contribution in [0.1, 0.15) is 24.0 Å². The molecule has 43 heavy (non-hydrogen) atoms. The molecule has 0 saturated carbocycles. The van der Waals surface area contributed by atoms with Crippen LogP contribution in [0.15, 0.2) is 48.5 Å². The summed E-state index contributed by atoms with van der Waals surface area (Å²) in [7, 11) is 0. The summed E-state index contributed by atoms with van der Waals surface area (Å²) in [5.41, 5.74) is 6.67. The smallest absolute Gasteiger partial charge is 0.230 e. The van der Waals surface area contributed by atoms with E-state index in [1.165, 1.54) is 0 Å². The first kappa shape index (κ1) is 36.1. The molecular formula is C28H38N6O6S3. The Morgan fingerprint density at radius 2 is 1.37 bits per heavy atom. The Bertz CT molecular complexity index is 1230. The van der Waals surface area contributed by atoms with Crippen molar-refractivity contribution in [2.24, 2.45) is 5.73 Å². The zero-order valence-corrected chi connectivity index (χ0v) is 26.0. The van der Waals surface area contributed by atoms with Gasteiger partial charge in [0, 0.05) is 12.8 Å². The fraction of sp³-hybridized carbons (Fsp3) is 0.393. The maximum Gasteiger partial charge on any atom is 0.230 e. The average molecular weight is 651 g/mol. The van der Waals surface area contributed by atoms with Crippen LogP contribution in [-0.4, -0.2) is 80.7 Å². The highest BCUT2D eigenvalue weighted by Crippen LogP contribution is 2.17. The Balaban J connectivity index is 1.57. The molecule has 1 atom stereocenters. The van der Waals surface area contributed by atoms with Gasteiger partial charge in [-0.05, 0) is 58.7 Å². The first-order valence-corrected chi connectivity index (χ1v) is 16.2. The molecule has 15 heteroatoms. The van der Waals surface area contributed by atoms with Crippen molar-refractivity contribution in [2.45, 2.75) is 31.2 Å². The van der Waals surface area contributed by atoms with E-state index in [1.807, 2.05) is 0 Å². The van der Waals surface area contributed by atoms with Crippen LogP contribution in [0.2, 0.25) is 0 Å². The normalized spacial score (nSPS) is 11.3. The number of carbonyl (C=O) groups excluding carboxylic acids is 2. The van der Waals surface area contributed by atoms with Crippen molar-refractivity contribution in [1.82, 2.24) is 10.6 Å². The largest absolute Gasteiger partial charge is 0.491 e. The number of hydrogen-bond donors (Lipinski definition) is 8. The van der Waals surface area contributed by atoms with Gasteiger partial charge in [0.15, 0.2) is 5.17 Å². The Labute approximate surface area is 263 Å². The number of nitrogens with one attached hydrogen (secondary N) is 5. The van der Waals surface area contributed by atoms with Gasteiger partial charge in [0.25, 0.3) is 0 Å². The second-order valence-corrected chi connectivity index (χ2v) is 12.4. The van der Waals surface area contributed by atoms with E-state index < -0.39 is 5.50 Å². The molecule has 9 N–H and O–H groups in total. The highest BCUT2D eigenvalue weighted by atomic mass is 32.2. The minimum Gasteiger partial charge on any atom is -0.491 e. The second kappa shape index (κ2) is 20.8. The molecule has 0 fully saturated rings. The number of amidine groups is 1. The third kappa shape index (κ3) is 16.4. The summed E-state index contributed by atoms with van der Waals surface area (Å²) in [6.07, 6.45) is 1.03. The van der Waals surface area contributed by atoms with E-state index in [9.17, 15) is 9.59 Å². The van der Waals surface area contributed by atoms with Gasteiger partial charge in [-0.25, -0.2) is 0 Å². The van der Waals surface area contributed by atoms with Crippen molar-refractivity contribution in [1.29, 1.82) is 16.2 Å². The number of ether oxygens (including phenoxy) is 2. The Kier molecular flexibility index (Phi) is 17.4. The number of amides is 2. The van der Waals surface area contributed by atoms with E-state index in [1.54, 1.807) is 60.3 Å². The highest BCUT2D eigenvalue weighted by Gasteiger charge is 2.13. The molecule has 0 aliphatic carbocycles. The molecule has 1 unspecified atom stereocenters. The first-order chi connectivity index (χ1) is 20.7. The lowest BCUT2D eigenvalue weighted by Crippen LogP contribution is -2.40. The molecule has 0 saturated heterocycles. The quantitative estimate of drug-likeness (QED) is 0.0511. The van der Waals surface area contributed by atoms with Crippen LogP contribution in [-0.2, 0) is 22.4 Å². The second-order valence-electron chi connectivity index (χ2n) is 8.84. The number of aliphatic hydroxyl groups excluding tert-OH is 2. The van der Waals surface area contributed by atoms with Crippen LogP contribution >= 0.6 is 35.3 Å². The van der Waals surface area contributed by atoms with Crippen LogP contribution in [0, 0.1) is 16.2 Å². The summed E-state index contributed by atoms with van der Waals surface area (Å²) in [6.45, 7) is 0.128. The number of benzene rings is 2. The summed E-state index contributed by atoms with van der Waals surface area (Å²) >= 11 is 3.51. The molecule has 2 amide bonds. The molecule has 2 aromatic rings. The van der Waals surface area contributed by atoms with Gasteiger partial charge in [0.05, 0.1) is 36.1 Å². The summed E-state index contributed by atoms with van der Waals surface area (Å²) in [5, 5.41) is 47.5. The van der Waals surface area contributed by atoms with Gasteiger partial charge in [-0.15, -0.1) is 0 Å². The van der Waals surface area contributed by atoms with E-state index >= 15 is 0 Å². The van der Waals surface area contributed by atoms with Crippen LogP contribution in [0.5, 0.6) is 11.5 Å². The maximum atomic E-state index is 12.3. The van der Waals surface area contributed by atoms with Crippen molar-refractivity contribution in [2.75, 3.05) is 37.9 Å². The monoisotopic (exact) mass is 650 g/mol. The minimum absolute atomic E-state index is 0.0508. The van der Waals surface area contributed by atoms with Crippen LogP contribution in [0.4, 0.5) is 0 Å². The Hall–Kier alpha value is -3.08. The molecule has 0 spiro atoms. The maximum absolute atomic E-state index is 12.3. The lowest BCUT2D eigenvalue weighted by Gasteiger charge is -2.14. The molecule has 0 radical (unpaired) electrons. The molecule has 2 aromatic carbocycles. The number of nitrogens with two attached hydrogens (primary N) is 1. The van der Waals surface area contributed by atoms with E-state index in [2.05, 4.69) is 10.6 Å². The van der Waals surface area contributed by atoms with E-state index in [4.69, 9.17) is 41.6 Å². The van der Waals surface area contributed by atoms with Crippen molar-refractivity contribution >= 4 is 62.4 Å². The number of aliphatic hydroxyl groups is 2. The van der Waals surface area contributed by atoms with Crippen molar-refractivity contribution in [3.63, 3.8) is 0 Å². The molecule has 0 aliphatic rings. The topological polar surface area (TPSA) is 215 Å². The van der Waals surface area contributed by atoms with Gasteiger partial charge in [-0.1, -0.05) is 36.0 Å². The SMILES string of the molecule is N=C(CCSCCC(=N)SC(N)NC(=O)Cc1cccc(OCCO)c1)SC(=N)NC(=O)Cc1cccc(OCCO)c1. The predicted octanol–water partition coefficient (Wildman–Crippen LogP) is 2.56. The van der Waals surface area contributed by atoms with Crippen LogP contribution in [0.3, 0.4) is 0 Å². The molecule has 2 rings (SSSR count). The Morgan fingerprint density at radius 3 is 1.93 bits per heavy atom. The molecule has 0 aromatic heterocycles. The van der Waals surface area contributed by atoms with Crippen molar-refractivity contribution < 1.29 is 29.3 Å². The molecule has 0 heterocycles. The average Bonchev–Trinajstić information content (AvgIpc) is 2.94. The fourth-order valence-corrected chi connectivity index (χ4v) is 5.93. The van der Waals surface area contributed by atoms with E-state index in [0.29, 0.717) is 46.5 Å². The fourth-order valence-electron chi connectivity index (χ4n) is 3.44. The lowest BCUT2D eigenvalue weighted by molar-refractivity contribution is -0.120. The summed E-state index contributed by atoms with van der Waals surface area (Å²) < 4.78 is 10.7. The third-order valence-corrected chi connectivity index (χ3v) is 7.85. The van der Waals surface area contributed by atoms with Gasteiger partial charge < -0.3 is 36.1 Å². The number of thioether (sulfide) groups is 3. The first-order valence-electron chi connectivity index (χ1n) is 13.3. The summed E-state index contributed by atoms with van der Waals surface area (Å²) in [5.74, 6) is 1.72.